The van der Waals surface area contributed by atoms with Gasteiger partial charge in [0.05, 0.1) is 0 Å². The first-order valence-electron chi connectivity index (χ1n) is 7.10. The van der Waals surface area contributed by atoms with Gasteiger partial charge in [-0.25, -0.2) is 0 Å². The van der Waals surface area contributed by atoms with Crippen molar-refractivity contribution in [3.63, 3.8) is 0 Å². The van der Waals surface area contributed by atoms with Gasteiger partial charge in [0.15, 0.2) is 11.6 Å². The Bertz CT molecular complexity index is 701. The number of pyridine rings is 1. The van der Waals surface area contributed by atoms with E-state index in [1.807, 2.05) is 30.0 Å². The summed E-state index contributed by atoms with van der Waals surface area (Å²) in [5, 5.41) is 0. The zero-order valence-corrected chi connectivity index (χ0v) is 13.6. The predicted molar refractivity (Wildman–Crippen MR) is 90.0 cm³/mol. The standard InChI is InChI=1S/C17H15NO2S2/c19-14(12-5-7-18-8-6-12)2-3-15(20)13-1-4-16-17(11-13)22-10-9-21-16/h1,4-8,11H,2-3,9-10H2. The zero-order chi connectivity index (χ0) is 15.4. The molecule has 0 saturated heterocycles. The van der Waals surface area contributed by atoms with Crippen LogP contribution in [0.1, 0.15) is 33.6 Å². The number of carbonyl (C=O) groups excluding carboxylic acids is 2. The molecule has 1 aromatic carbocycles. The van der Waals surface area contributed by atoms with Gasteiger partial charge in [0.25, 0.3) is 0 Å². The normalized spacial score (nSPS) is 13.5. The van der Waals surface area contributed by atoms with Crippen LogP contribution < -0.4 is 0 Å². The fraction of sp³-hybridized carbons (Fsp3) is 0.235. The molecule has 0 spiro atoms. The molecule has 22 heavy (non-hydrogen) atoms. The van der Waals surface area contributed by atoms with Crippen LogP contribution in [-0.4, -0.2) is 28.1 Å². The third-order valence-corrected chi connectivity index (χ3v) is 5.97. The fourth-order valence-electron chi connectivity index (χ4n) is 2.27. The van der Waals surface area contributed by atoms with E-state index in [0.29, 0.717) is 11.1 Å². The molecule has 0 unspecified atom stereocenters. The van der Waals surface area contributed by atoms with Crippen LogP contribution in [0.3, 0.4) is 0 Å². The van der Waals surface area contributed by atoms with Crippen LogP contribution in [0.15, 0.2) is 52.5 Å². The molecule has 0 saturated carbocycles. The minimum atomic E-state index is -0.0151. The molecule has 112 valence electrons. The quantitative estimate of drug-likeness (QED) is 0.772. The Morgan fingerprint density at radius 1 is 0.864 bits per heavy atom. The van der Waals surface area contributed by atoms with Crippen molar-refractivity contribution < 1.29 is 9.59 Å². The summed E-state index contributed by atoms with van der Waals surface area (Å²) in [5.41, 5.74) is 1.32. The summed E-state index contributed by atoms with van der Waals surface area (Å²) < 4.78 is 0. The molecule has 3 rings (SSSR count). The third kappa shape index (κ3) is 3.59. The molecular formula is C17H15NO2S2. The second-order valence-electron chi connectivity index (χ2n) is 4.94. The van der Waals surface area contributed by atoms with Crippen LogP contribution in [0.25, 0.3) is 0 Å². The van der Waals surface area contributed by atoms with Crippen molar-refractivity contribution in [1.29, 1.82) is 0 Å². The van der Waals surface area contributed by atoms with Crippen LogP contribution in [-0.2, 0) is 0 Å². The second-order valence-corrected chi connectivity index (χ2v) is 7.21. The van der Waals surface area contributed by atoms with Gasteiger partial charge in [0, 0.05) is 57.7 Å². The molecular weight excluding hydrogens is 314 g/mol. The van der Waals surface area contributed by atoms with Gasteiger partial charge in [0.1, 0.15) is 0 Å². The second kappa shape index (κ2) is 7.11. The van der Waals surface area contributed by atoms with E-state index in [1.54, 1.807) is 36.3 Å². The molecule has 2 heterocycles. The Hall–Kier alpha value is -1.59. The number of fused-ring (bicyclic) bond motifs is 1. The predicted octanol–water partition coefficient (Wildman–Crippen LogP) is 4.13. The topological polar surface area (TPSA) is 47.0 Å². The summed E-state index contributed by atoms with van der Waals surface area (Å²) in [6, 6.07) is 9.21. The minimum absolute atomic E-state index is 0.0151. The summed E-state index contributed by atoms with van der Waals surface area (Å²) in [5.74, 6) is 2.21. The Morgan fingerprint density at radius 3 is 2.23 bits per heavy atom. The number of thioether (sulfide) groups is 2. The number of aromatic nitrogens is 1. The Labute approximate surface area is 137 Å². The highest BCUT2D eigenvalue weighted by atomic mass is 32.2. The van der Waals surface area contributed by atoms with Crippen molar-refractivity contribution in [3.8, 4) is 0 Å². The van der Waals surface area contributed by atoms with E-state index in [-0.39, 0.29) is 24.4 Å². The first-order chi connectivity index (χ1) is 10.7. The molecule has 0 aliphatic carbocycles. The maximum Gasteiger partial charge on any atom is 0.163 e. The molecule has 0 atom stereocenters. The lowest BCUT2D eigenvalue weighted by Crippen LogP contribution is -2.06. The number of ketones is 2. The van der Waals surface area contributed by atoms with Gasteiger partial charge >= 0.3 is 0 Å². The maximum atomic E-state index is 12.3. The summed E-state index contributed by atoms with van der Waals surface area (Å²) in [7, 11) is 0. The summed E-state index contributed by atoms with van der Waals surface area (Å²) in [6.07, 6.45) is 3.67. The van der Waals surface area contributed by atoms with E-state index in [1.165, 1.54) is 9.79 Å². The van der Waals surface area contributed by atoms with Crippen LogP contribution in [0, 0.1) is 0 Å². The highest BCUT2D eigenvalue weighted by Gasteiger charge is 2.15. The molecule has 1 aliphatic rings. The summed E-state index contributed by atoms with van der Waals surface area (Å²) in [4.78, 5) is 30.6. The van der Waals surface area contributed by atoms with Gasteiger partial charge in [-0.05, 0) is 24.3 Å². The van der Waals surface area contributed by atoms with Crippen molar-refractivity contribution in [1.82, 2.24) is 4.98 Å². The van der Waals surface area contributed by atoms with Crippen LogP contribution in [0.4, 0.5) is 0 Å². The molecule has 3 nitrogen and oxygen atoms in total. The molecule has 0 radical (unpaired) electrons. The van der Waals surface area contributed by atoms with Crippen molar-refractivity contribution >= 4 is 35.1 Å². The maximum absolute atomic E-state index is 12.3. The third-order valence-electron chi connectivity index (χ3n) is 3.45. The Balaban J connectivity index is 1.64. The zero-order valence-electron chi connectivity index (χ0n) is 12.0. The molecule has 2 aromatic rings. The van der Waals surface area contributed by atoms with E-state index < -0.39 is 0 Å². The van der Waals surface area contributed by atoms with E-state index in [2.05, 4.69) is 4.98 Å². The van der Waals surface area contributed by atoms with E-state index in [9.17, 15) is 9.59 Å². The van der Waals surface area contributed by atoms with Crippen molar-refractivity contribution in [3.05, 3.63) is 53.9 Å². The van der Waals surface area contributed by atoms with Gasteiger partial charge in [-0.15, -0.1) is 23.5 Å². The smallest absolute Gasteiger partial charge is 0.163 e. The average Bonchev–Trinajstić information content (AvgIpc) is 2.59. The number of rotatable bonds is 5. The first kappa shape index (κ1) is 15.3. The number of Topliss-reactive ketones (excluding diaryl/α,β-unsaturated/α-hetero) is 2. The van der Waals surface area contributed by atoms with Gasteiger partial charge in [0.2, 0.25) is 0 Å². The van der Waals surface area contributed by atoms with Crippen LogP contribution in [0.5, 0.6) is 0 Å². The molecule has 1 aliphatic heterocycles. The molecule has 5 heteroatoms. The van der Waals surface area contributed by atoms with Gasteiger partial charge < -0.3 is 0 Å². The summed E-state index contributed by atoms with van der Waals surface area (Å²) >= 11 is 3.63. The van der Waals surface area contributed by atoms with Gasteiger partial charge in [-0.3, -0.25) is 14.6 Å². The minimum Gasteiger partial charge on any atom is -0.294 e. The van der Waals surface area contributed by atoms with E-state index in [4.69, 9.17) is 0 Å². The number of hydrogen-bond acceptors (Lipinski definition) is 5. The molecule has 0 amide bonds. The highest BCUT2D eigenvalue weighted by Crippen LogP contribution is 2.37. The van der Waals surface area contributed by atoms with Gasteiger partial charge in [-0.2, -0.15) is 0 Å². The largest absolute Gasteiger partial charge is 0.294 e. The number of nitrogens with zero attached hydrogens (tertiary/aromatic N) is 1. The molecule has 0 fully saturated rings. The van der Waals surface area contributed by atoms with E-state index >= 15 is 0 Å². The lowest BCUT2D eigenvalue weighted by Gasteiger charge is -2.15. The highest BCUT2D eigenvalue weighted by molar-refractivity contribution is 8.05. The first-order valence-corrected chi connectivity index (χ1v) is 9.07. The van der Waals surface area contributed by atoms with Crippen LogP contribution in [0.2, 0.25) is 0 Å². The number of hydrogen-bond donors (Lipinski definition) is 0. The number of carbonyl (C=O) groups is 2. The Morgan fingerprint density at radius 2 is 1.50 bits per heavy atom. The van der Waals surface area contributed by atoms with E-state index in [0.717, 1.165) is 11.5 Å². The van der Waals surface area contributed by atoms with Crippen molar-refractivity contribution in [2.75, 3.05) is 11.5 Å². The molecule has 0 N–H and O–H groups in total. The SMILES string of the molecule is O=C(CCC(=O)c1ccc2c(c1)SCCS2)c1ccncc1. The molecule has 1 aromatic heterocycles. The number of benzene rings is 1. The average molecular weight is 329 g/mol. The summed E-state index contributed by atoms with van der Waals surface area (Å²) in [6.45, 7) is 0. The van der Waals surface area contributed by atoms with Gasteiger partial charge in [-0.1, -0.05) is 6.07 Å². The molecule has 0 bridgehead atoms. The van der Waals surface area contributed by atoms with Crippen LogP contribution >= 0.6 is 23.5 Å². The van der Waals surface area contributed by atoms with Crippen molar-refractivity contribution in [2.45, 2.75) is 22.6 Å². The van der Waals surface area contributed by atoms with Crippen molar-refractivity contribution in [2.24, 2.45) is 0 Å². The lowest BCUT2D eigenvalue weighted by molar-refractivity contribution is 0.0917. The Kier molecular flexibility index (Phi) is 4.95. The monoisotopic (exact) mass is 329 g/mol. The lowest BCUT2D eigenvalue weighted by atomic mass is 10.0. The fourth-order valence-corrected chi connectivity index (χ4v) is 4.52.